The van der Waals surface area contributed by atoms with E-state index in [0.717, 1.165) is 13.1 Å². The van der Waals surface area contributed by atoms with Crippen LogP contribution >= 0.6 is 15.9 Å². The summed E-state index contributed by atoms with van der Waals surface area (Å²) in [5.41, 5.74) is -1.17. The lowest BCUT2D eigenvalue weighted by molar-refractivity contribution is -0.154. The van der Waals surface area contributed by atoms with Crippen molar-refractivity contribution >= 4 is 33.7 Å². The zero-order valence-electron chi connectivity index (χ0n) is 19.9. The van der Waals surface area contributed by atoms with Crippen LogP contribution in [0.5, 0.6) is 0 Å². The van der Waals surface area contributed by atoms with E-state index in [1.54, 1.807) is 11.0 Å². The van der Waals surface area contributed by atoms with Crippen LogP contribution in [0.2, 0.25) is 0 Å². The second kappa shape index (κ2) is 11.1. The number of amides is 2. The molecule has 4 aliphatic rings. The molecule has 6 atom stereocenters. The lowest BCUT2D eigenvalue weighted by Gasteiger charge is -2.37. The molecule has 1 spiro atoms. The molecule has 0 aromatic heterocycles. The van der Waals surface area contributed by atoms with E-state index in [1.165, 1.54) is 11.0 Å². The smallest absolute Gasteiger partial charge is 0.312 e. The van der Waals surface area contributed by atoms with Crippen molar-refractivity contribution in [3.8, 4) is 0 Å². The molecule has 3 unspecified atom stereocenters. The van der Waals surface area contributed by atoms with Crippen molar-refractivity contribution in [2.75, 3.05) is 65.7 Å². The number of halogens is 1. The van der Waals surface area contributed by atoms with Gasteiger partial charge < -0.3 is 29.1 Å². The van der Waals surface area contributed by atoms with Gasteiger partial charge in [0, 0.05) is 44.1 Å². The quantitative estimate of drug-likeness (QED) is 0.212. The van der Waals surface area contributed by atoms with Gasteiger partial charge in [-0.05, 0) is 6.42 Å². The number of fused-ring (bicyclic) bond motifs is 1. The number of carbonyl (C=O) groups excluding carboxylic acids is 3. The predicted molar refractivity (Wildman–Crippen MR) is 130 cm³/mol. The van der Waals surface area contributed by atoms with E-state index in [4.69, 9.17) is 14.2 Å². The van der Waals surface area contributed by atoms with Gasteiger partial charge in [0.25, 0.3) is 0 Å². The topological polar surface area (TPSA) is 109 Å². The first-order valence-corrected chi connectivity index (χ1v) is 13.0. The van der Waals surface area contributed by atoms with Crippen LogP contribution in [-0.2, 0) is 28.6 Å². The Labute approximate surface area is 213 Å². The highest BCUT2D eigenvalue weighted by molar-refractivity contribution is 9.09. The highest BCUT2D eigenvalue weighted by Crippen LogP contribution is 2.60. The van der Waals surface area contributed by atoms with Gasteiger partial charge in [-0.3, -0.25) is 19.3 Å². The molecule has 0 aromatic carbocycles. The zero-order chi connectivity index (χ0) is 25.2. The SMILES string of the molecule is C=CCOC(=O)[C@H]1[C@@H]2OC3(CC2Br)C(C(=O)N(CC=C)CCN2CCOCC2)N(CCO)C(=O)[C@H]13. The van der Waals surface area contributed by atoms with Crippen molar-refractivity contribution < 1.29 is 33.7 Å². The molecule has 0 aliphatic carbocycles. The predicted octanol–water partition coefficient (Wildman–Crippen LogP) is -0.197. The van der Waals surface area contributed by atoms with E-state index < -0.39 is 35.6 Å². The summed E-state index contributed by atoms with van der Waals surface area (Å²) >= 11 is 3.62. The molecular weight excluding hydrogens is 522 g/mol. The van der Waals surface area contributed by atoms with Crippen LogP contribution in [0.25, 0.3) is 0 Å². The fraction of sp³-hybridized carbons (Fsp3) is 0.708. The van der Waals surface area contributed by atoms with Gasteiger partial charge in [0.15, 0.2) is 0 Å². The van der Waals surface area contributed by atoms with Crippen LogP contribution in [0.1, 0.15) is 6.42 Å². The van der Waals surface area contributed by atoms with Crippen LogP contribution in [-0.4, -0.2) is 126 Å². The van der Waals surface area contributed by atoms with Gasteiger partial charge in [0.1, 0.15) is 18.2 Å². The average Bonchev–Trinajstić information content (AvgIpc) is 3.44. The number of nitrogens with zero attached hydrogens (tertiary/aromatic N) is 3. The summed E-state index contributed by atoms with van der Waals surface area (Å²) in [5, 5.41) is 9.73. The summed E-state index contributed by atoms with van der Waals surface area (Å²) in [6, 6.07) is -0.945. The minimum atomic E-state index is -1.17. The molecule has 2 amide bonds. The average molecular weight is 556 g/mol. The maximum atomic E-state index is 14.1. The number of likely N-dealkylation sites (tertiary alicyclic amines) is 1. The minimum Gasteiger partial charge on any atom is -0.461 e. The fourth-order valence-corrected chi connectivity index (χ4v) is 6.91. The van der Waals surface area contributed by atoms with Gasteiger partial charge in [-0.1, -0.05) is 34.7 Å². The molecule has 4 fully saturated rings. The van der Waals surface area contributed by atoms with Crippen LogP contribution in [0, 0.1) is 11.8 Å². The van der Waals surface area contributed by atoms with Crippen LogP contribution in [0.3, 0.4) is 0 Å². The molecule has 194 valence electrons. The molecule has 11 heteroatoms. The standard InChI is InChI=1S/C24H34BrN3O7/c1-3-5-27(7-6-26-9-13-33-14-10-26)22(31)20-24-15-16(25)19(35-24)17(23(32)34-12-4-2)18(24)21(30)28(20)8-11-29/h3-4,16-20,29H,1-2,5-15H2/t16?,17-,18+,19-,20?,24?/m1/s1. The number of rotatable bonds is 11. The molecule has 0 aromatic rings. The number of esters is 1. The molecule has 10 nitrogen and oxygen atoms in total. The van der Waals surface area contributed by atoms with Crippen molar-refractivity contribution in [1.29, 1.82) is 0 Å². The molecule has 0 radical (unpaired) electrons. The number of alkyl halides is 1. The number of hydrogen-bond acceptors (Lipinski definition) is 8. The lowest BCUT2D eigenvalue weighted by Crippen LogP contribution is -2.58. The number of morpholine rings is 1. The summed E-state index contributed by atoms with van der Waals surface area (Å²) in [6.45, 7) is 11.4. The van der Waals surface area contributed by atoms with Gasteiger partial charge in [0.2, 0.25) is 11.8 Å². The highest BCUT2D eigenvalue weighted by atomic mass is 79.9. The first kappa shape index (κ1) is 26.3. The van der Waals surface area contributed by atoms with Gasteiger partial charge in [-0.25, -0.2) is 0 Å². The Hall–Kier alpha value is -1.79. The van der Waals surface area contributed by atoms with E-state index in [9.17, 15) is 19.5 Å². The van der Waals surface area contributed by atoms with E-state index in [-0.39, 0.29) is 36.4 Å². The third kappa shape index (κ3) is 4.69. The van der Waals surface area contributed by atoms with E-state index in [0.29, 0.717) is 39.3 Å². The Bertz CT molecular complexity index is 851. The van der Waals surface area contributed by atoms with Crippen molar-refractivity contribution in [3.63, 3.8) is 0 Å². The van der Waals surface area contributed by atoms with E-state index in [2.05, 4.69) is 34.0 Å². The Kier molecular flexibility index (Phi) is 8.32. The van der Waals surface area contributed by atoms with Gasteiger partial charge in [0.05, 0.1) is 37.8 Å². The first-order valence-electron chi connectivity index (χ1n) is 12.1. The zero-order valence-corrected chi connectivity index (χ0v) is 21.4. The fourth-order valence-electron chi connectivity index (χ4n) is 5.97. The number of carbonyl (C=O) groups is 3. The Morgan fingerprint density at radius 2 is 2.00 bits per heavy atom. The molecule has 4 aliphatic heterocycles. The van der Waals surface area contributed by atoms with Crippen LogP contribution < -0.4 is 0 Å². The molecular formula is C24H34BrN3O7. The third-order valence-electron chi connectivity index (χ3n) is 7.43. The lowest BCUT2D eigenvalue weighted by atomic mass is 9.70. The summed E-state index contributed by atoms with van der Waals surface area (Å²) in [6.07, 6.45) is 2.96. The highest BCUT2D eigenvalue weighted by Gasteiger charge is 2.77. The molecule has 4 rings (SSSR count). The Morgan fingerprint density at radius 1 is 1.26 bits per heavy atom. The number of aliphatic hydroxyl groups is 1. The molecule has 2 bridgehead atoms. The summed E-state index contributed by atoms with van der Waals surface area (Å²) in [4.78, 5) is 45.8. The Balaban J connectivity index is 1.62. The number of β-amino-alcohol motifs (C(OH)–C–C–N with tert-alkyl or cyclic N) is 1. The largest absolute Gasteiger partial charge is 0.461 e. The van der Waals surface area contributed by atoms with Gasteiger partial charge >= 0.3 is 5.97 Å². The Morgan fingerprint density at radius 3 is 2.66 bits per heavy atom. The number of aliphatic hydroxyl groups excluding tert-OH is 1. The molecule has 0 saturated carbocycles. The number of hydrogen-bond donors (Lipinski definition) is 1. The normalized spacial score (nSPS) is 34.1. The van der Waals surface area contributed by atoms with Crippen molar-refractivity contribution in [2.24, 2.45) is 11.8 Å². The van der Waals surface area contributed by atoms with E-state index >= 15 is 0 Å². The number of ether oxygens (including phenoxy) is 3. The summed E-state index contributed by atoms with van der Waals surface area (Å²) < 4.78 is 17.1. The van der Waals surface area contributed by atoms with Crippen molar-refractivity contribution in [2.45, 2.75) is 29.0 Å². The summed E-state index contributed by atoms with van der Waals surface area (Å²) in [7, 11) is 0. The molecule has 35 heavy (non-hydrogen) atoms. The second-order valence-electron chi connectivity index (χ2n) is 9.36. The summed E-state index contributed by atoms with van der Waals surface area (Å²) in [5.74, 6) is -2.83. The maximum Gasteiger partial charge on any atom is 0.312 e. The first-order chi connectivity index (χ1) is 16.9. The van der Waals surface area contributed by atoms with Crippen LogP contribution in [0.4, 0.5) is 0 Å². The van der Waals surface area contributed by atoms with Crippen molar-refractivity contribution in [1.82, 2.24) is 14.7 Å². The monoisotopic (exact) mass is 555 g/mol. The minimum absolute atomic E-state index is 0.0196. The van der Waals surface area contributed by atoms with Crippen molar-refractivity contribution in [3.05, 3.63) is 25.3 Å². The molecule has 4 heterocycles. The molecule has 4 saturated heterocycles. The van der Waals surface area contributed by atoms with Crippen LogP contribution in [0.15, 0.2) is 25.3 Å². The van der Waals surface area contributed by atoms with E-state index in [1.807, 2.05) is 0 Å². The van der Waals surface area contributed by atoms with Gasteiger partial charge in [-0.2, -0.15) is 0 Å². The molecule has 1 N–H and O–H groups in total. The third-order valence-corrected chi connectivity index (χ3v) is 8.28. The maximum absolute atomic E-state index is 14.1. The van der Waals surface area contributed by atoms with Gasteiger partial charge in [-0.15, -0.1) is 6.58 Å². The second-order valence-corrected chi connectivity index (χ2v) is 10.5.